The van der Waals surface area contributed by atoms with Crippen LogP contribution in [-0.4, -0.2) is 41.6 Å². The lowest BCUT2D eigenvalue weighted by Crippen LogP contribution is -2.38. The number of halogens is 1. The fraction of sp³-hybridized carbons (Fsp3) is 0.278. The van der Waals surface area contributed by atoms with E-state index in [1.165, 1.54) is 56.4 Å². The molecule has 0 saturated heterocycles. The molecule has 146 valence electrons. The normalized spacial score (nSPS) is 11.1. The average molecular weight is 396 g/mol. The summed E-state index contributed by atoms with van der Waals surface area (Å²) in [6.45, 7) is 1.13. The van der Waals surface area contributed by atoms with Crippen LogP contribution in [0, 0.1) is 5.82 Å². The van der Waals surface area contributed by atoms with Crippen LogP contribution < -0.4 is 19.1 Å². The van der Waals surface area contributed by atoms with E-state index in [-0.39, 0.29) is 29.4 Å². The number of carbonyl (C=O) groups is 1. The average Bonchev–Trinajstić information content (AvgIpc) is 2.65. The molecule has 9 heteroatoms. The second kappa shape index (κ2) is 8.83. The first kappa shape index (κ1) is 20.7. The molecule has 0 aliphatic heterocycles. The molecule has 0 atom stereocenters. The summed E-state index contributed by atoms with van der Waals surface area (Å²) in [5, 5.41) is 0. The number of benzene rings is 2. The van der Waals surface area contributed by atoms with Crippen molar-refractivity contribution in [2.24, 2.45) is 0 Å². The maximum absolute atomic E-state index is 13.9. The van der Waals surface area contributed by atoms with Gasteiger partial charge in [0.2, 0.25) is 15.9 Å². The van der Waals surface area contributed by atoms with Gasteiger partial charge in [0, 0.05) is 26.1 Å². The van der Waals surface area contributed by atoms with E-state index in [1.54, 1.807) is 12.1 Å². The Bertz CT molecular complexity index is 918. The van der Waals surface area contributed by atoms with E-state index in [0.717, 1.165) is 0 Å². The summed E-state index contributed by atoms with van der Waals surface area (Å²) in [6, 6.07) is 10.2. The zero-order chi connectivity index (χ0) is 20.0. The van der Waals surface area contributed by atoms with Crippen LogP contribution in [0.4, 0.5) is 10.1 Å². The highest BCUT2D eigenvalue weighted by Gasteiger charge is 2.22. The summed E-state index contributed by atoms with van der Waals surface area (Å²) in [4.78, 5) is 12.9. The molecule has 1 amide bonds. The van der Waals surface area contributed by atoms with Crippen LogP contribution >= 0.6 is 0 Å². The van der Waals surface area contributed by atoms with Crippen molar-refractivity contribution in [3.63, 3.8) is 0 Å². The number of anilines is 1. The molecule has 0 fully saturated rings. The number of carbonyl (C=O) groups excluding carboxylic acids is 1. The van der Waals surface area contributed by atoms with Crippen molar-refractivity contribution in [3.05, 3.63) is 48.3 Å². The van der Waals surface area contributed by atoms with Crippen LogP contribution in [0.25, 0.3) is 0 Å². The van der Waals surface area contributed by atoms with Gasteiger partial charge in [0.15, 0.2) is 0 Å². The Morgan fingerprint density at radius 1 is 1.15 bits per heavy atom. The van der Waals surface area contributed by atoms with Crippen LogP contribution in [0.3, 0.4) is 0 Å². The van der Waals surface area contributed by atoms with Crippen LogP contribution in [0.1, 0.15) is 6.92 Å². The molecule has 0 saturated carbocycles. The Morgan fingerprint density at radius 2 is 1.85 bits per heavy atom. The summed E-state index contributed by atoms with van der Waals surface area (Å²) < 4.78 is 51.7. The van der Waals surface area contributed by atoms with E-state index >= 15 is 0 Å². The first-order chi connectivity index (χ1) is 12.8. The number of methoxy groups -OCH3 is 2. The summed E-state index contributed by atoms with van der Waals surface area (Å²) in [5.41, 5.74) is 0.0863. The van der Waals surface area contributed by atoms with E-state index in [0.29, 0.717) is 5.75 Å². The van der Waals surface area contributed by atoms with Crippen LogP contribution in [0.2, 0.25) is 0 Å². The quantitative estimate of drug-likeness (QED) is 0.739. The maximum atomic E-state index is 13.9. The predicted molar refractivity (Wildman–Crippen MR) is 99.2 cm³/mol. The summed E-state index contributed by atoms with van der Waals surface area (Å²) in [7, 11) is -1.16. The number of rotatable bonds is 8. The maximum Gasteiger partial charge on any atom is 0.244 e. The molecular weight excluding hydrogens is 375 g/mol. The standard InChI is InChI=1S/C18H21FN2O5S/c1-13(22)21(16-7-5-4-6-15(16)19)11-10-20-27(23,24)18-12-14(25-2)8-9-17(18)26-3/h4-9,12,20H,10-11H2,1-3H3. The van der Waals surface area contributed by atoms with Crippen molar-refractivity contribution in [2.75, 3.05) is 32.2 Å². The predicted octanol–water partition coefficient (Wildman–Crippen LogP) is 2.17. The molecule has 0 aromatic heterocycles. The topological polar surface area (TPSA) is 84.9 Å². The number of para-hydroxylation sites is 1. The third kappa shape index (κ3) is 4.95. The Hall–Kier alpha value is -2.65. The highest BCUT2D eigenvalue weighted by Crippen LogP contribution is 2.28. The van der Waals surface area contributed by atoms with Crippen LogP contribution in [0.15, 0.2) is 47.4 Å². The van der Waals surface area contributed by atoms with E-state index in [4.69, 9.17) is 9.47 Å². The van der Waals surface area contributed by atoms with Crippen molar-refractivity contribution in [3.8, 4) is 11.5 Å². The van der Waals surface area contributed by atoms with Gasteiger partial charge >= 0.3 is 0 Å². The zero-order valence-electron chi connectivity index (χ0n) is 15.2. The van der Waals surface area contributed by atoms with E-state index in [1.807, 2.05) is 0 Å². The number of hydrogen-bond acceptors (Lipinski definition) is 5. The Balaban J connectivity index is 2.17. The van der Waals surface area contributed by atoms with Gasteiger partial charge in [-0.25, -0.2) is 17.5 Å². The highest BCUT2D eigenvalue weighted by molar-refractivity contribution is 7.89. The molecule has 0 radical (unpaired) electrons. The van der Waals surface area contributed by atoms with Crippen LogP contribution in [-0.2, 0) is 14.8 Å². The number of nitrogens with one attached hydrogen (secondary N) is 1. The lowest BCUT2D eigenvalue weighted by molar-refractivity contribution is -0.116. The molecule has 0 unspecified atom stereocenters. The van der Waals surface area contributed by atoms with Gasteiger partial charge in [0.05, 0.1) is 19.9 Å². The second-order valence-corrected chi connectivity index (χ2v) is 7.27. The number of ether oxygens (including phenoxy) is 2. The minimum atomic E-state index is -3.94. The van der Waals surface area contributed by atoms with Gasteiger partial charge in [-0.15, -0.1) is 0 Å². The summed E-state index contributed by atoms with van der Waals surface area (Å²) >= 11 is 0. The minimum absolute atomic E-state index is 0.0399. The Kier molecular flexibility index (Phi) is 6.75. The Morgan fingerprint density at radius 3 is 2.44 bits per heavy atom. The lowest BCUT2D eigenvalue weighted by atomic mass is 10.2. The molecule has 0 heterocycles. The van der Waals surface area contributed by atoms with Gasteiger partial charge < -0.3 is 14.4 Å². The molecule has 2 aromatic rings. The molecule has 2 aromatic carbocycles. The van der Waals surface area contributed by atoms with Gasteiger partial charge in [-0.3, -0.25) is 4.79 Å². The molecule has 0 aliphatic rings. The van der Waals surface area contributed by atoms with E-state index < -0.39 is 21.7 Å². The monoisotopic (exact) mass is 396 g/mol. The Labute approximate surface area is 157 Å². The SMILES string of the molecule is COc1ccc(OC)c(S(=O)(=O)NCCN(C(C)=O)c2ccccc2F)c1. The van der Waals surface area contributed by atoms with Crippen molar-refractivity contribution >= 4 is 21.6 Å². The van der Waals surface area contributed by atoms with Gasteiger partial charge in [-0.2, -0.15) is 0 Å². The number of sulfonamides is 1. The van der Waals surface area contributed by atoms with E-state index in [2.05, 4.69) is 4.72 Å². The van der Waals surface area contributed by atoms with Crippen molar-refractivity contribution in [1.29, 1.82) is 0 Å². The van der Waals surface area contributed by atoms with E-state index in [9.17, 15) is 17.6 Å². The fourth-order valence-electron chi connectivity index (χ4n) is 2.48. The molecule has 0 spiro atoms. The molecular formula is C18H21FN2O5S. The molecule has 1 N–H and O–H groups in total. The number of amides is 1. The largest absolute Gasteiger partial charge is 0.497 e. The van der Waals surface area contributed by atoms with Gasteiger partial charge in [0.25, 0.3) is 0 Å². The third-order valence-corrected chi connectivity index (χ3v) is 5.29. The zero-order valence-corrected chi connectivity index (χ0v) is 16.0. The summed E-state index contributed by atoms with van der Waals surface area (Å²) in [6.07, 6.45) is 0. The molecule has 0 aliphatic carbocycles. The number of nitrogens with zero attached hydrogens (tertiary/aromatic N) is 1. The number of hydrogen-bond donors (Lipinski definition) is 1. The fourth-order valence-corrected chi connectivity index (χ4v) is 3.68. The third-order valence-electron chi connectivity index (χ3n) is 3.81. The minimum Gasteiger partial charge on any atom is -0.497 e. The smallest absolute Gasteiger partial charge is 0.244 e. The van der Waals surface area contributed by atoms with Gasteiger partial charge in [-0.05, 0) is 24.3 Å². The second-order valence-electron chi connectivity index (χ2n) is 5.54. The first-order valence-corrected chi connectivity index (χ1v) is 9.52. The van der Waals surface area contributed by atoms with Crippen LogP contribution in [0.5, 0.6) is 11.5 Å². The molecule has 7 nitrogen and oxygen atoms in total. The van der Waals surface area contributed by atoms with Crippen molar-refractivity contribution < 1.29 is 27.1 Å². The van der Waals surface area contributed by atoms with Gasteiger partial charge in [0.1, 0.15) is 22.2 Å². The molecule has 27 heavy (non-hydrogen) atoms. The van der Waals surface area contributed by atoms with Gasteiger partial charge in [-0.1, -0.05) is 12.1 Å². The summed E-state index contributed by atoms with van der Waals surface area (Å²) in [5.74, 6) is -0.461. The first-order valence-electron chi connectivity index (χ1n) is 8.04. The lowest BCUT2D eigenvalue weighted by Gasteiger charge is -2.22. The van der Waals surface area contributed by atoms with Crippen molar-refractivity contribution in [2.45, 2.75) is 11.8 Å². The molecule has 0 bridgehead atoms. The van der Waals surface area contributed by atoms with Crippen molar-refractivity contribution in [1.82, 2.24) is 4.72 Å². The molecule has 2 rings (SSSR count). The highest BCUT2D eigenvalue weighted by atomic mass is 32.2.